The lowest BCUT2D eigenvalue weighted by atomic mass is 10.1. The lowest BCUT2D eigenvalue weighted by Crippen LogP contribution is -2.24. The van der Waals surface area contributed by atoms with Crippen molar-refractivity contribution in [3.63, 3.8) is 0 Å². The quantitative estimate of drug-likeness (QED) is 0.266. The molecule has 0 N–H and O–H groups in total. The Morgan fingerprint density at radius 1 is 1.38 bits per heavy atom. The number of ether oxygens (including phenoxy) is 1. The van der Waals surface area contributed by atoms with Gasteiger partial charge in [0.2, 0.25) is 0 Å². The number of nitrogens with zero attached hydrogens (tertiary/aromatic N) is 2. The second kappa shape index (κ2) is 7.88. The molecule has 134 valence electrons. The van der Waals surface area contributed by atoms with E-state index in [1.54, 1.807) is 42.0 Å². The Hall–Kier alpha value is -2.38. The fourth-order valence-corrected chi connectivity index (χ4v) is 4.28. The van der Waals surface area contributed by atoms with Crippen LogP contribution in [0.2, 0.25) is 0 Å². The first kappa shape index (κ1) is 18.4. The van der Waals surface area contributed by atoms with E-state index >= 15 is 0 Å². The average Bonchev–Trinajstić information content (AvgIpc) is 3.13. The maximum absolute atomic E-state index is 12.7. The number of benzene rings is 1. The highest BCUT2D eigenvalue weighted by atomic mass is 32.2. The van der Waals surface area contributed by atoms with Crippen molar-refractivity contribution in [3.05, 3.63) is 64.3 Å². The van der Waals surface area contributed by atoms with E-state index in [0.29, 0.717) is 33.2 Å². The van der Waals surface area contributed by atoms with Gasteiger partial charge in [0.15, 0.2) is 10.9 Å². The van der Waals surface area contributed by atoms with Gasteiger partial charge >= 0.3 is 0 Å². The Morgan fingerprint density at radius 2 is 2.12 bits per heavy atom. The number of carbonyl (C=O) groups is 1. The number of allylic oxidation sites excluding steroid dienone is 1. The molecule has 0 spiro atoms. The number of hydrogen-bond donors (Lipinski definition) is 0. The summed E-state index contributed by atoms with van der Waals surface area (Å²) in [7, 11) is 1.58. The maximum Gasteiger partial charge on any atom is 0.272 e. The minimum atomic E-state index is -0.387. The second-order valence-electron chi connectivity index (χ2n) is 5.59. The van der Waals surface area contributed by atoms with Crippen LogP contribution in [0.5, 0.6) is 5.75 Å². The van der Waals surface area contributed by atoms with Crippen molar-refractivity contribution in [2.75, 3.05) is 7.11 Å². The zero-order chi connectivity index (χ0) is 18.7. The standard InChI is InChI=1S/C19H18N2O3S2/c1-4-10-21-18(23)17-15(9-11-25-17)20-19(21)26-12(2)16(22)13-5-7-14(24-3)8-6-13/h4-9,11-12H,1,10H2,2-3H3. The minimum absolute atomic E-state index is 0.0255. The molecule has 3 rings (SSSR count). The molecule has 0 aliphatic rings. The number of hydrogen-bond acceptors (Lipinski definition) is 6. The highest BCUT2D eigenvalue weighted by Gasteiger charge is 2.20. The van der Waals surface area contributed by atoms with E-state index < -0.39 is 0 Å². The molecular weight excluding hydrogens is 368 g/mol. The third kappa shape index (κ3) is 3.59. The highest BCUT2D eigenvalue weighted by molar-refractivity contribution is 8.00. The van der Waals surface area contributed by atoms with Gasteiger partial charge < -0.3 is 4.74 Å². The van der Waals surface area contributed by atoms with Gasteiger partial charge in [0.25, 0.3) is 5.56 Å². The molecule has 0 bridgehead atoms. The normalized spacial score (nSPS) is 12.1. The number of Topliss-reactive ketones (excluding diaryl/α,β-unsaturated/α-hetero) is 1. The van der Waals surface area contributed by atoms with E-state index in [-0.39, 0.29) is 16.6 Å². The third-order valence-electron chi connectivity index (χ3n) is 3.87. The molecule has 2 aromatic heterocycles. The van der Waals surface area contributed by atoms with Crippen molar-refractivity contribution in [1.29, 1.82) is 0 Å². The number of rotatable bonds is 7. The summed E-state index contributed by atoms with van der Waals surface area (Å²) < 4.78 is 7.30. The predicted octanol–water partition coefficient (Wildman–Crippen LogP) is 4.02. The van der Waals surface area contributed by atoms with E-state index in [0.717, 1.165) is 0 Å². The Balaban J connectivity index is 1.91. The fourth-order valence-electron chi connectivity index (χ4n) is 2.51. The number of thiophene rings is 1. The van der Waals surface area contributed by atoms with Crippen LogP contribution in [0.25, 0.3) is 10.2 Å². The molecule has 2 heterocycles. The van der Waals surface area contributed by atoms with Crippen molar-refractivity contribution in [2.24, 2.45) is 0 Å². The second-order valence-corrected chi connectivity index (χ2v) is 7.81. The first-order chi connectivity index (χ1) is 12.5. The van der Waals surface area contributed by atoms with Crippen LogP contribution < -0.4 is 10.3 Å². The van der Waals surface area contributed by atoms with Crippen LogP contribution >= 0.6 is 23.1 Å². The largest absolute Gasteiger partial charge is 0.497 e. The van der Waals surface area contributed by atoms with Crippen LogP contribution in [0, 0.1) is 0 Å². The first-order valence-corrected chi connectivity index (χ1v) is 9.75. The van der Waals surface area contributed by atoms with Gasteiger partial charge in [-0.05, 0) is 42.6 Å². The van der Waals surface area contributed by atoms with E-state index in [9.17, 15) is 9.59 Å². The number of ketones is 1. The van der Waals surface area contributed by atoms with Crippen molar-refractivity contribution in [2.45, 2.75) is 23.9 Å². The van der Waals surface area contributed by atoms with Gasteiger partial charge in [0.05, 0.1) is 17.9 Å². The molecule has 0 aliphatic heterocycles. The van der Waals surface area contributed by atoms with E-state index in [1.165, 1.54) is 23.1 Å². The summed E-state index contributed by atoms with van der Waals surface area (Å²) in [5, 5.41) is 1.98. The Kier molecular flexibility index (Phi) is 5.58. The summed E-state index contributed by atoms with van der Waals surface area (Å²) in [6, 6.07) is 8.82. The molecule has 7 heteroatoms. The van der Waals surface area contributed by atoms with E-state index in [1.807, 2.05) is 18.4 Å². The number of aromatic nitrogens is 2. The number of carbonyl (C=O) groups excluding carboxylic acids is 1. The molecule has 1 unspecified atom stereocenters. The van der Waals surface area contributed by atoms with Gasteiger partial charge in [-0.2, -0.15) is 0 Å². The summed E-state index contributed by atoms with van der Waals surface area (Å²) in [4.78, 5) is 30.0. The number of fused-ring (bicyclic) bond motifs is 1. The molecule has 26 heavy (non-hydrogen) atoms. The minimum Gasteiger partial charge on any atom is -0.497 e. The highest BCUT2D eigenvalue weighted by Crippen LogP contribution is 2.26. The molecule has 3 aromatic rings. The van der Waals surface area contributed by atoms with Gasteiger partial charge in [0, 0.05) is 12.1 Å². The van der Waals surface area contributed by atoms with Gasteiger partial charge in [-0.3, -0.25) is 14.2 Å². The summed E-state index contributed by atoms with van der Waals surface area (Å²) in [5.41, 5.74) is 1.16. The van der Waals surface area contributed by atoms with Gasteiger partial charge in [-0.25, -0.2) is 4.98 Å². The lowest BCUT2D eigenvalue weighted by molar-refractivity contribution is 0.0994. The smallest absolute Gasteiger partial charge is 0.272 e. The van der Waals surface area contributed by atoms with Crippen LogP contribution in [0.3, 0.4) is 0 Å². The van der Waals surface area contributed by atoms with E-state index in [4.69, 9.17) is 4.74 Å². The zero-order valence-electron chi connectivity index (χ0n) is 14.5. The van der Waals surface area contributed by atoms with Crippen molar-refractivity contribution in [3.8, 4) is 5.75 Å². The summed E-state index contributed by atoms with van der Waals surface area (Å²) >= 11 is 2.65. The first-order valence-electron chi connectivity index (χ1n) is 7.99. The molecule has 1 atom stereocenters. The van der Waals surface area contributed by atoms with E-state index in [2.05, 4.69) is 11.6 Å². The number of thioether (sulfide) groups is 1. The summed E-state index contributed by atoms with van der Waals surface area (Å²) in [5.74, 6) is 0.675. The van der Waals surface area contributed by atoms with Crippen molar-refractivity contribution in [1.82, 2.24) is 9.55 Å². The van der Waals surface area contributed by atoms with Crippen molar-refractivity contribution >= 4 is 39.1 Å². The molecule has 0 saturated heterocycles. The predicted molar refractivity (Wildman–Crippen MR) is 107 cm³/mol. The van der Waals surface area contributed by atoms with Gasteiger partial charge in [0.1, 0.15) is 10.4 Å². The van der Waals surface area contributed by atoms with Crippen LogP contribution in [0.1, 0.15) is 17.3 Å². The molecule has 0 aliphatic carbocycles. The average molecular weight is 386 g/mol. The van der Waals surface area contributed by atoms with Gasteiger partial charge in [-0.15, -0.1) is 17.9 Å². The molecule has 0 fully saturated rings. The van der Waals surface area contributed by atoms with Crippen LogP contribution in [0.4, 0.5) is 0 Å². The summed E-state index contributed by atoms with van der Waals surface area (Å²) in [6.07, 6.45) is 1.66. The number of methoxy groups -OCH3 is 1. The van der Waals surface area contributed by atoms with Crippen LogP contribution in [0.15, 0.2) is 58.3 Å². The lowest BCUT2D eigenvalue weighted by Gasteiger charge is -2.14. The zero-order valence-corrected chi connectivity index (χ0v) is 16.1. The Labute approximate surface area is 159 Å². The monoisotopic (exact) mass is 386 g/mol. The van der Waals surface area contributed by atoms with Crippen LogP contribution in [-0.2, 0) is 6.54 Å². The topological polar surface area (TPSA) is 61.2 Å². The third-order valence-corrected chi connectivity index (χ3v) is 5.85. The fraction of sp³-hybridized carbons (Fsp3) is 0.211. The Morgan fingerprint density at radius 3 is 2.77 bits per heavy atom. The maximum atomic E-state index is 12.7. The van der Waals surface area contributed by atoms with Crippen molar-refractivity contribution < 1.29 is 9.53 Å². The molecule has 5 nitrogen and oxygen atoms in total. The molecule has 0 radical (unpaired) electrons. The van der Waals surface area contributed by atoms with Gasteiger partial charge in [-0.1, -0.05) is 17.8 Å². The SMILES string of the molecule is C=CCn1c(SC(C)C(=O)c2ccc(OC)cc2)nc2ccsc2c1=O. The van der Waals surface area contributed by atoms with Crippen LogP contribution in [-0.4, -0.2) is 27.7 Å². The summed E-state index contributed by atoms with van der Waals surface area (Å²) in [6.45, 7) is 5.88. The molecule has 1 aromatic carbocycles. The Bertz CT molecular complexity index is 1010. The molecule has 0 saturated carbocycles. The molecule has 0 amide bonds. The molecular formula is C19H18N2O3S2.